The molecule has 0 radical (unpaired) electrons. The van der Waals surface area contributed by atoms with Gasteiger partial charge in [-0.05, 0) is 50.1 Å². The number of halogens is 1. The third-order valence-corrected chi connectivity index (χ3v) is 4.70. The van der Waals surface area contributed by atoms with Crippen LogP contribution in [0.25, 0.3) is 0 Å². The summed E-state index contributed by atoms with van der Waals surface area (Å²) in [6.45, 7) is 5.67. The van der Waals surface area contributed by atoms with Gasteiger partial charge in [-0.25, -0.2) is 4.39 Å². The van der Waals surface area contributed by atoms with Gasteiger partial charge >= 0.3 is 0 Å². The molecule has 1 amide bonds. The van der Waals surface area contributed by atoms with Gasteiger partial charge in [0.2, 0.25) is 5.91 Å². The van der Waals surface area contributed by atoms with Crippen LogP contribution in [0.5, 0.6) is 0 Å². The van der Waals surface area contributed by atoms with Gasteiger partial charge < -0.3 is 15.1 Å². The highest BCUT2D eigenvalue weighted by Crippen LogP contribution is 2.36. The Morgan fingerprint density at radius 3 is 2.52 bits per heavy atom. The molecule has 0 aromatic heterocycles. The third-order valence-electron chi connectivity index (χ3n) is 4.70. The lowest BCUT2D eigenvalue weighted by Gasteiger charge is -2.43. The van der Waals surface area contributed by atoms with Crippen molar-refractivity contribution in [3.8, 4) is 0 Å². The monoisotopic (exact) mass is 291 g/mol. The number of carbonyl (C=O) groups excluding carboxylic acids is 1. The highest BCUT2D eigenvalue weighted by molar-refractivity contribution is 5.93. The van der Waals surface area contributed by atoms with Crippen molar-refractivity contribution in [1.29, 1.82) is 0 Å². The van der Waals surface area contributed by atoms with E-state index < -0.39 is 5.54 Å². The molecule has 2 aliphatic heterocycles. The number of likely N-dealkylation sites (tertiary alicyclic amines) is 1. The number of benzene rings is 1. The number of nitrogens with zero attached hydrogens (tertiary/aromatic N) is 2. The fraction of sp³-hybridized carbons (Fsp3) is 0.562. The predicted molar refractivity (Wildman–Crippen MR) is 80.6 cm³/mol. The van der Waals surface area contributed by atoms with E-state index >= 15 is 0 Å². The summed E-state index contributed by atoms with van der Waals surface area (Å²) in [5, 5.41) is 2.96. The lowest BCUT2D eigenvalue weighted by Crippen LogP contribution is -2.56. The highest BCUT2D eigenvalue weighted by atomic mass is 19.1. The normalized spacial score (nSPS) is 21.8. The molecule has 0 saturated carbocycles. The Kier molecular flexibility index (Phi) is 3.85. The average molecular weight is 291 g/mol. The number of amides is 1. The van der Waals surface area contributed by atoms with Gasteiger partial charge in [-0.1, -0.05) is 6.92 Å². The first-order valence-corrected chi connectivity index (χ1v) is 7.69. The van der Waals surface area contributed by atoms with Gasteiger partial charge in [0, 0.05) is 18.8 Å². The molecule has 1 N–H and O–H groups in total. The minimum Gasteiger partial charge on any atom is -0.339 e. The molecular formula is C16H22FN3O. The van der Waals surface area contributed by atoms with Crippen molar-refractivity contribution in [1.82, 2.24) is 10.2 Å². The van der Waals surface area contributed by atoms with E-state index in [1.165, 1.54) is 12.1 Å². The summed E-state index contributed by atoms with van der Waals surface area (Å²) in [5.41, 5.74) is 0.459. The van der Waals surface area contributed by atoms with Gasteiger partial charge in [0.15, 0.2) is 0 Å². The molecule has 114 valence electrons. The molecule has 2 heterocycles. The summed E-state index contributed by atoms with van der Waals surface area (Å²) in [4.78, 5) is 16.9. The van der Waals surface area contributed by atoms with Crippen molar-refractivity contribution in [2.24, 2.45) is 0 Å². The van der Waals surface area contributed by atoms with Gasteiger partial charge in [0.05, 0.1) is 6.67 Å². The molecular weight excluding hydrogens is 269 g/mol. The van der Waals surface area contributed by atoms with E-state index in [4.69, 9.17) is 0 Å². The van der Waals surface area contributed by atoms with Gasteiger partial charge in [0.1, 0.15) is 11.4 Å². The van der Waals surface area contributed by atoms with Crippen LogP contribution in [0.4, 0.5) is 10.1 Å². The first-order valence-electron chi connectivity index (χ1n) is 7.69. The van der Waals surface area contributed by atoms with Crippen molar-refractivity contribution in [2.75, 3.05) is 31.2 Å². The van der Waals surface area contributed by atoms with Crippen LogP contribution in [-0.2, 0) is 4.79 Å². The van der Waals surface area contributed by atoms with E-state index in [0.29, 0.717) is 6.67 Å². The SMILES string of the molecule is CCCN1CCC2(CC1)C(=O)NCN2c1ccc(F)cc1. The number of hydrogen-bond donors (Lipinski definition) is 1. The zero-order chi connectivity index (χ0) is 14.9. The summed E-state index contributed by atoms with van der Waals surface area (Å²) in [5.74, 6) is -0.132. The van der Waals surface area contributed by atoms with Crippen molar-refractivity contribution in [2.45, 2.75) is 31.7 Å². The summed E-state index contributed by atoms with van der Waals surface area (Å²) in [6.07, 6.45) is 2.80. The van der Waals surface area contributed by atoms with Crippen LogP contribution < -0.4 is 10.2 Å². The first-order chi connectivity index (χ1) is 10.2. The lowest BCUT2D eigenvalue weighted by molar-refractivity contribution is -0.125. The number of nitrogens with one attached hydrogen (secondary N) is 1. The van der Waals surface area contributed by atoms with Gasteiger partial charge in [-0.15, -0.1) is 0 Å². The molecule has 1 aromatic rings. The summed E-state index contributed by atoms with van der Waals surface area (Å²) < 4.78 is 13.1. The number of hydrogen-bond acceptors (Lipinski definition) is 3. The number of rotatable bonds is 3. The highest BCUT2D eigenvalue weighted by Gasteiger charge is 2.50. The van der Waals surface area contributed by atoms with Crippen LogP contribution in [-0.4, -0.2) is 42.6 Å². The molecule has 0 aliphatic carbocycles. The Morgan fingerprint density at radius 1 is 1.24 bits per heavy atom. The Labute approximate surface area is 124 Å². The minimum atomic E-state index is -0.456. The average Bonchev–Trinajstić information content (AvgIpc) is 2.80. The van der Waals surface area contributed by atoms with Crippen molar-refractivity contribution >= 4 is 11.6 Å². The second kappa shape index (κ2) is 5.64. The van der Waals surface area contributed by atoms with Crippen LogP contribution in [0.1, 0.15) is 26.2 Å². The third kappa shape index (κ3) is 2.50. The van der Waals surface area contributed by atoms with E-state index in [2.05, 4.69) is 22.0 Å². The Balaban J connectivity index is 1.81. The second-order valence-corrected chi connectivity index (χ2v) is 5.94. The van der Waals surface area contributed by atoms with E-state index in [1.54, 1.807) is 12.1 Å². The zero-order valence-electron chi connectivity index (χ0n) is 12.4. The molecule has 1 aromatic carbocycles. The molecule has 1 spiro atoms. The maximum atomic E-state index is 13.1. The zero-order valence-corrected chi connectivity index (χ0v) is 12.4. The molecule has 4 nitrogen and oxygen atoms in total. The van der Waals surface area contributed by atoms with E-state index in [9.17, 15) is 9.18 Å². The quantitative estimate of drug-likeness (QED) is 0.925. The fourth-order valence-electron chi connectivity index (χ4n) is 3.51. The molecule has 0 unspecified atom stereocenters. The molecule has 0 bridgehead atoms. The van der Waals surface area contributed by atoms with Crippen LogP contribution in [0.2, 0.25) is 0 Å². The van der Waals surface area contributed by atoms with Crippen molar-refractivity contribution in [3.05, 3.63) is 30.1 Å². The standard InChI is InChI=1S/C16H22FN3O/c1-2-9-19-10-7-16(8-11-19)15(21)18-12-20(16)14-5-3-13(17)4-6-14/h3-6H,2,7-12H2,1H3,(H,18,21). The summed E-state index contributed by atoms with van der Waals surface area (Å²) >= 11 is 0. The molecule has 2 aliphatic rings. The molecule has 2 saturated heterocycles. The summed E-state index contributed by atoms with van der Waals surface area (Å²) in [6, 6.07) is 6.43. The summed E-state index contributed by atoms with van der Waals surface area (Å²) in [7, 11) is 0. The van der Waals surface area contributed by atoms with Gasteiger partial charge in [-0.3, -0.25) is 4.79 Å². The predicted octanol–water partition coefficient (Wildman–Crippen LogP) is 1.96. The van der Waals surface area contributed by atoms with Gasteiger partial charge in [0.25, 0.3) is 0 Å². The molecule has 21 heavy (non-hydrogen) atoms. The van der Waals surface area contributed by atoms with Crippen molar-refractivity contribution < 1.29 is 9.18 Å². The molecule has 3 rings (SSSR count). The first kappa shape index (κ1) is 14.3. The van der Waals surface area contributed by atoms with E-state index in [1.807, 2.05) is 0 Å². The number of piperidine rings is 1. The maximum absolute atomic E-state index is 13.1. The van der Waals surface area contributed by atoms with Crippen molar-refractivity contribution in [3.63, 3.8) is 0 Å². The smallest absolute Gasteiger partial charge is 0.247 e. The van der Waals surface area contributed by atoms with Crippen LogP contribution in [0.15, 0.2) is 24.3 Å². The molecule has 2 fully saturated rings. The minimum absolute atomic E-state index is 0.114. The fourth-order valence-corrected chi connectivity index (χ4v) is 3.51. The maximum Gasteiger partial charge on any atom is 0.247 e. The van der Waals surface area contributed by atoms with Crippen LogP contribution >= 0.6 is 0 Å². The Morgan fingerprint density at radius 2 is 1.90 bits per heavy atom. The van der Waals surface area contributed by atoms with E-state index in [0.717, 1.165) is 44.6 Å². The number of anilines is 1. The number of carbonyl (C=O) groups is 1. The van der Waals surface area contributed by atoms with Gasteiger partial charge in [-0.2, -0.15) is 0 Å². The molecule has 5 heteroatoms. The molecule has 0 atom stereocenters. The topological polar surface area (TPSA) is 35.6 Å². The van der Waals surface area contributed by atoms with Crippen LogP contribution in [0, 0.1) is 5.82 Å². The largest absolute Gasteiger partial charge is 0.339 e. The van der Waals surface area contributed by atoms with E-state index in [-0.39, 0.29) is 11.7 Å². The second-order valence-electron chi connectivity index (χ2n) is 5.94. The van der Waals surface area contributed by atoms with Crippen LogP contribution in [0.3, 0.4) is 0 Å². The lowest BCUT2D eigenvalue weighted by atomic mass is 9.85. The Hall–Kier alpha value is -1.62. The Bertz CT molecular complexity index is 509.